The summed E-state index contributed by atoms with van der Waals surface area (Å²) in [5, 5.41) is 10.3. The van der Waals surface area contributed by atoms with E-state index < -0.39 is 0 Å². The number of thiophene rings is 1. The SMILES string of the molecule is c1ccc(-c2nc(-c3ccccc3)nc(-c3ccc(-c4cc5ccc6ccccc6c5c5sc6c7ccccc7ccc6c45)cc3)n2)cc1. The van der Waals surface area contributed by atoms with Crippen LogP contribution in [0.15, 0.2) is 164 Å². The Hall–Kier alpha value is -6.23. The van der Waals surface area contributed by atoms with E-state index in [9.17, 15) is 0 Å². The molecule has 4 heteroatoms. The highest BCUT2D eigenvalue weighted by molar-refractivity contribution is 7.27. The van der Waals surface area contributed by atoms with Crippen molar-refractivity contribution in [2.45, 2.75) is 0 Å². The van der Waals surface area contributed by atoms with Crippen molar-refractivity contribution in [3.05, 3.63) is 164 Å². The lowest BCUT2D eigenvalue weighted by molar-refractivity contribution is 1.07. The first kappa shape index (κ1) is 27.8. The zero-order valence-electron chi connectivity index (χ0n) is 26.3. The lowest BCUT2D eigenvalue weighted by Crippen LogP contribution is -2.00. The van der Waals surface area contributed by atoms with Gasteiger partial charge in [-0.1, -0.05) is 158 Å². The van der Waals surface area contributed by atoms with Crippen LogP contribution >= 0.6 is 11.3 Å². The normalized spacial score (nSPS) is 11.7. The maximum atomic E-state index is 4.96. The van der Waals surface area contributed by atoms with Gasteiger partial charge < -0.3 is 0 Å². The molecule has 0 N–H and O–H groups in total. The maximum absolute atomic E-state index is 4.96. The van der Waals surface area contributed by atoms with E-state index in [1.807, 2.05) is 72.0 Å². The Balaban J connectivity index is 1.19. The highest BCUT2D eigenvalue weighted by atomic mass is 32.1. The summed E-state index contributed by atoms with van der Waals surface area (Å²) in [6.45, 7) is 0. The fourth-order valence-corrected chi connectivity index (χ4v) is 8.55. The molecule has 0 unspecified atom stereocenters. The van der Waals surface area contributed by atoms with Crippen LogP contribution in [0.25, 0.3) is 97.8 Å². The second-order valence-corrected chi connectivity index (χ2v) is 13.4. The number of rotatable bonds is 4. The molecule has 2 aromatic heterocycles. The van der Waals surface area contributed by atoms with Gasteiger partial charge in [-0.3, -0.25) is 0 Å². The summed E-state index contributed by atoms with van der Waals surface area (Å²) in [7, 11) is 0. The van der Waals surface area contributed by atoms with Crippen LogP contribution in [0.4, 0.5) is 0 Å². The molecule has 0 aliphatic heterocycles. The highest BCUT2D eigenvalue weighted by Crippen LogP contribution is 2.48. The van der Waals surface area contributed by atoms with Gasteiger partial charge in [-0.15, -0.1) is 11.3 Å². The van der Waals surface area contributed by atoms with Crippen molar-refractivity contribution >= 4 is 63.8 Å². The number of fused-ring (bicyclic) bond motifs is 9. The molecule has 0 atom stereocenters. The van der Waals surface area contributed by atoms with Gasteiger partial charge in [-0.2, -0.15) is 0 Å². The highest BCUT2D eigenvalue weighted by Gasteiger charge is 2.19. The van der Waals surface area contributed by atoms with Crippen LogP contribution in [0.1, 0.15) is 0 Å². The molecule has 2 heterocycles. The topological polar surface area (TPSA) is 38.7 Å². The van der Waals surface area contributed by atoms with E-state index in [0.29, 0.717) is 17.5 Å². The molecule has 0 aliphatic carbocycles. The quantitative estimate of drug-likeness (QED) is 0.180. The van der Waals surface area contributed by atoms with E-state index in [0.717, 1.165) is 22.3 Å². The van der Waals surface area contributed by atoms with Crippen molar-refractivity contribution in [2.75, 3.05) is 0 Å². The van der Waals surface area contributed by atoms with Gasteiger partial charge in [0, 0.05) is 42.2 Å². The monoisotopic (exact) mass is 641 g/mol. The zero-order chi connectivity index (χ0) is 32.3. The van der Waals surface area contributed by atoms with Crippen molar-refractivity contribution in [3.63, 3.8) is 0 Å². The summed E-state index contributed by atoms with van der Waals surface area (Å²) in [4.78, 5) is 14.8. The number of aromatic nitrogens is 3. The second kappa shape index (κ2) is 11.2. The molecule has 10 rings (SSSR count). The Morgan fingerprint density at radius 3 is 1.47 bits per heavy atom. The van der Waals surface area contributed by atoms with Gasteiger partial charge in [0.05, 0.1) is 0 Å². The molecule has 10 aromatic rings. The van der Waals surface area contributed by atoms with Crippen LogP contribution in [0, 0.1) is 0 Å². The van der Waals surface area contributed by atoms with Gasteiger partial charge in [0.1, 0.15) is 0 Å². The molecule has 0 bridgehead atoms. The van der Waals surface area contributed by atoms with Crippen LogP contribution in [0.3, 0.4) is 0 Å². The van der Waals surface area contributed by atoms with Gasteiger partial charge >= 0.3 is 0 Å². The molecule has 0 fully saturated rings. The van der Waals surface area contributed by atoms with E-state index in [1.165, 1.54) is 58.1 Å². The predicted molar refractivity (Wildman–Crippen MR) is 207 cm³/mol. The van der Waals surface area contributed by atoms with E-state index in [-0.39, 0.29) is 0 Å². The molecular formula is C45H27N3S. The smallest absolute Gasteiger partial charge is 0.164 e. The Kier molecular flexibility index (Phi) is 6.36. The van der Waals surface area contributed by atoms with Crippen LogP contribution < -0.4 is 0 Å². The van der Waals surface area contributed by atoms with Crippen molar-refractivity contribution < 1.29 is 0 Å². The molecule has 3 nitrogen and oxygen atoms in total. The van der Waals surface area contributed by atoms with Gasteiger partial charge in [-0.05, 0) is 44.1 Å². The Labute approximate surface area is 286 Å². The third kappa shape index (κ3) is 4.61. The standard InChI is InChI=1S/C45H27N3S/c1-3-13-31(14-4-1)43-46-44(32-15-5-2-6-16-32)48-45(47-43)33-22-19-30(20-23-33)38-27-34-24-21-28-11-7-9-17-35(28)39(34)42-40(38)37-26-25-29-12-8-10-18-36(29)41(37)49-42/h1-27H. The molecule has 0 amide bonds. The van der Waals surface area contributed by atoms with Gasteiger partial charge in [0.15, 0.2) is 17.5 Å². The molecule has 0 spiro atoms. The van der Waals surface area contributed by atoms with Crippen LogP contribution in [0.2, 0.25) is 0 Å². The third-order valence-corrected chi connectivity index (χ3v) is 10.7. The van der Waals surface area contributed by atoms with Crippen LogP contribution in [-0.4, -0.2) is 15.0 Å². The maximum Gasteiger partial charge on any atom is 0.164 e. The molecule has 0 saturated carbocycles. The van der Waals surface area contributed by atoms with Crippen LogP contribution in [0.5, 0.6) is 0 Å². The van der Waals surface area contributed by atoms with E-state index in [4.69, 9.17) is 15.0 Å². The van der Waals surface area contributed by atoms with E-state index in [1.54, 1.807) is 0 Å². The van der Waals surface area contributed by atoms with Gasteiger partial charge in [0.2, 0.25) is 0 Å². The minimum atomic E-state index is 0.654. The number of hydrogen-bond donors (Lipinski definition) is 0. The molecule has 8 aromatic carbocycles. The Morgan fingerprint density at radius 1 is 0.327 bits per heavy atom. The molecule has 0 radical (unpaired) electrons. The summed E-state index contributed by atoms with van der Waals surface area (Å²) in [5.74, 6) is 1.98. The molecule has 0 aliphatic rings. The Morgan fingerprint density at radius 2 is 0.816 bits per heavy atom. The van der Waals surface area contributed by atoms with E-state index >= 15 is 0 Å². The largest absolute Gasteiger partial charge is 0.208 e. The fourth-order valence-electron chi connectivity index (χ4n) is 7.12. The first-order valence-electron chi connectivity index (χ1n) is 16.4. The number of hydrogen-bond acceptors (Lipinski definition) is 4. The minimum absolute atomic E-state index is 0.654. The van der Waals surface area contributed by atoms with Crippen molar-refractivity contribution in [1.29, 1.82) is 0 Å². The second-order valence-electron chi connectivity index (χ2n) is 12.4. The molecule has 0 saturated heterocycles. The summed E-state index contributed by atoms with van der Waals surface area (Å²) < 4.78 is 2.66. The third-order valence-electron chi connectivity index (χ3n) is 9.49. The van der Waals surface area contributed by atoms with Crippen molar-refractivity contribution in [2.24, 2.45) is 0 Å². The molecular weight excluding hydrogens is 615 g/mol. The Bertz CT molecular complexity index is 2800. The summed E-state index contributed by atoms with van der Waals surface area (Å²) in [6.07, 6.45) is 0. The number of nitrogens with zero attached hydrogens (tertiary/aromatic N) is 3. The summed E-state index contributed by atoms with van der Waals surface area (Å²) in [6, 6.07) is 57.9. The molecule has 49 heavy (non-hydrogen) atoms. The summed E-state index contributed by atoms with van der Waals surface area (Å²) >= 11 is 1.92. The van der Waals surface area contributed by atoms with Crippen molar-refractivity contribution in [1.82, 2.24) is 15.0 Å². The lowest BCUT2D eigenvalue weighted by atomic mass is 9.92. The summed E-state index contributed by atoms with van der Waals surface area (Å²) in [5.41, 5.74) is 5.27. The first-order valence-corrected chi connectivity index (χ1v) is 17.3. The molecule has 228 valence electrons. The fraction of sp³-hybridized carbons (Fsp3) is 0. The van der Waals surface area contributed by atoms with Crippen molar-refractivity contribution in [3.8, 4) is 45.3 Å². The van der Waals surface area contributed by atoms with E-state index in [2.05, 4.69) is 103 Å². The average molecular weight is 642 g/mol. The average Bonchev–Trinajstić information content (AvgIpc) is 3.58. The first-order chi connectivity index (χ1) is 24.3. The number of benzene rings is 8. The van der Waals surface area contributed by atoms with Gasteiger partial charge in [-0.25, -0.2) is 15.0 Å². The zero-order valence-corrected chi connectivity index (χ0v) is 27.2. The predicted octanol–water partition coefficient (Wildman–Crippen LogP) is 12.4. The lowest BCUT2D eigenvalue weighted by Gasteiger charge is -2.12. The van der Waals surface area contributed by atoms with Crippen LogP contribution in [-0.2, 0) is 0 Å². The van der Waals surface area contributed by atoms with Gasteiger partial charge in [0.25, 0.3) is 0 Å². The minimum Gasteiger partial charge on any atom is -0.208 e.